The molecule has 3 nitrogen and oxygen atoms in total. The van der Waals surface area contributed by atoms with E-state index in [4.69, 9.17) is 0 Å². The zero-order valence-electron chi connectivity index (χ0n) is 10.7. The summed E-state index contributed by atoms with van der Waals surface area (Å²) in [7, 11) is 2.24. The van der Waals surface area contributed by atoms with Gasteiger partial charge in [0.2, 0.25) is 0 Å². The highest BCUT2D eigenvalue weighted by Crippen LogP contribution is 2.27. The van der Waals surface area contributed by atoms with Crippen LogP contribution in [0.4, 0.5) is 0 Å². The molecule has 2 aliphatic carbocycles. The molecule has 1 unspecified atom stereocenters. The number of hydrogen-bond donors (Lipinski definition) is 2. The Hall–Kier alpha value is -0.120. The standard InChI is InChI=1S/C13H26N2O/c1-10(15(2)12-5-6-12)9-14-11-3-7-13(16)8-4-11/h10-14,16H,3-9H2,1-2H3. The highest BCUT2D eigenvalue weighted by Gasteiger charge is 2.29. The quantitative estimate of drug-likeness (QED) is 0.743. The fraction of sp³-hybridized carbons (Fsp3) is 1.00. The van der Waals surface area contributed by atoms with Gasteiger partial charge in [0.15, 0.2) is 0 Å². The van der Waals surface area contributed by atoms with Crippen LogP contribution in [-0.4, -0.2) is 47.8 Å². The van der Waals surface area contributed by atoms with Crippen LogP contribution < -0.4 is 5.32 Å². The van der Waals surface area contributed by atoms with E-state index in [0.29, 0.717) is 12.1 Å². The summed E-state index contributed by atoms with van der Waals surface area (Å²) in [5.74, 6) is 0. The largest absolute Gasteiger partial charge is 0.393 e. The van der Waals surface area contributed by atoms with Crippen molar-refractivity contribution >= 4 is 0 Å². The van der Waals surface area contributed by atoms with Crippen molar-refractivity contribution < 1.29 is 5.11 Å². The molecule has 2 N–H and O–H groups in total. The third-order valence-electron chi connectivity index (χ3n) is 4.22. The smallest absolute Gasteiger partial charge is 0.0541 e. The molecule has 0 spiro atoms. The van der Waals surface area contributed by atoms with E-state index in [1.54, 1.807) is 0 Å². The minimum atomic E-state index is -0.0374. The first-order valence-electron chi connectivity index (χ1n) is 6.80. The lowest BCUT2D eigenvalue weighted by molar-refractivity contribution is 0.114. The summed E-state index contributed by atoms with van der Waals surface area (Å²) in [6.45, 7) is 3.40. The van der Waals surface area contributed by atoms with E-state index in [1.165, 1.54) is 12.8 Å². The molecular formula is C13H26N2O. The van der Waals surface area contributed by atoms with Crippen LogP contribution in [0.1, 0.15) is 45.4 Å². The number of aliphatic hydroxyl groups excluding tert-OH is 1. The van der Waals surface area contributed by atoms with E-state index in [2.05, 4.69) is 24.2 Å². The number of nitrogens with zero attached hydrogens (tertiary/aromatic N) is 1. The average molecular weight is 226 g/mol. The van der Waals surface area contributed by atoms with Gasteiger partial charge >= 0.3 is 0 Å². The van der Waals surface area contributed by atoms with Crippen LogP contribution >= 0.6 is 0 Å². The number of likely N-dealkylation sites (N-methyl/N-ethyl adjacent to an activating group) is 1. The van der Waals surface area contributed by atoms with E-state index in [-0.39, 0.29) is 6.10 Å². The lowest BCUT2D eigenvalue weighted by atomic mass is 9.93. The number of aliphatic hydroxyl groups is 1. The Morgan fingerprint density at radius 3 is 2.38 bits per heavy atom. The van der Waals surface area contributed by atoms with E-state index >= 15 is 0 Å². The second-order valence-corrected chi connectivity index (χ2v) is 5.66. The molecule has 0 radical (unpaired) electrons. The van der Waals surface area contributed by atoms with Crippen LogP contribution in [0.25, 0.3) is 0 Å². The first-order chi connectivity index (χ1) is 7.66. The summed E-state index contributed by atoms with van der Waals surface area (Å²) in [6, 6.07) is 2.13. The summed E-state index contributed by atoms with van der Waals surface area (Å²) < 4.78 is 0. The molecule has 0 aromatic heterocycles. The Labute approximate surface area is 99.2 Å². The van der Waals surface area contributed by atoms with E-state index in [1.807, 2.05) is 0 Å². The highest BCUT2D eigenvalue weighted by atomic mass is 16.3. The molecule has 0 amide bonds. The number of rotatable bonds is 5. The predicted octanol–water partition coefficient (Wildman–Crippen LogP) is 1.36. The van der Waals surface area contributed by atoms with Gasteiger partial charge in [0.1, 0.15) is 0 Å². The van der Waals surface area contributed by atoms with Gasteiger partial charge in [0, 0.05) is 24.7 Å². The maximum Gasteiger partial charge on any atom is 0.0541 e. The van der Waals surface area contributed by atoms with Gasteiger partial charge in [-0.3, -0.25) is 4.90 Å². The van der Waals surface area contributed by atoms with Crippen molar-refractivity contribution in [2.75, 3.05) is 13.6 Å². The zero-order valence-corrected chi connectivity index (χ0v) is 10.7. The van der Waals surface area contributed by atoms with Crippen molar-refractivity contribution in [2.45, 2.75) is 69.7 Å². The predicted molar refractivity (Wildman–Crippen MR) is 66.5 cm³/mol. The molecule has 16 heavy (non-hydrogen) atoms. The summed E-state index contributed by atoms with van der Waals surface area (Å²) in [5, 5.41) is 13.1. The number of hydrogen-bond acceptors (Lipinski definition) is 3. The lowest BCUT2D eigenvalue weighted by Crippen LogP contribution is -2.44. The first kappa shape index (κ1) is 12.3. The molecule has 0 aliphatic heterocycles. The minimum absolute atomic E-state index is 0.0374. The van der Waals surface area contributed by atoms with Crippen LogP contribution in [0, 0.1) is 0 Å². The molecule has 3 heteroatoms. The van der Waals surface area contributed by atoms with Gasteiger partial charge in [-0.05, 0) is 52.5 Å². The van der Waals surface area contributed by atoms with E-state index < -0.39 is 0 Å². The third-order valence-corrected chi connectivity index (χ3v) is 4.22. The van der Waals surface area contributed by atoms with Crippen molar-refractivity contribution in [2.24, 2.45) is 0 Å². The van der Waals surface area contributed by atoms with Crippen molar-refractivity contribution in [3.8, 4) is 0 Å². The Morgan fingerprint density at radius 2 is 1.81 bits per heavy atom. The molecule has 0 saturated heterocycles. The van der Waals surface area contributed by atoms with Crippen molar-refractivity contribution in [3.05, 3.63) is 0 Å². The van der Waals surface area contributed by atoms with Crippen molar-refractivity contribution in [1.82, 2.24) is 10.2 Å². The molecular weight excluding hydrogens is 200 g/mol. The van der Waals surface area contributed by atoms with E-state index in [0.717, 1.165) is 38.3 Å². The Morgan fingerprint density at radius 1 is 1.19 bits per heavy atom. The summed E-state index contributed by atoms with van der Waals surface area (Å²) in [6.07, 6.45) is 6.97. The molecule has 0 heterocycles. The molecule has 94 valence electrons. The van der Waals surface area contributed by atoms with Crippen LogP contribution in [-0.2, 0) is 0 Å². The van der Waals surface area contributed by atoms with Gasteiger partial charge in [-0.15, -0.1) is 0 Å². The Bertz CT molecular complexity index is 210. The topological polar surface area (TPSA) is 35.5 Å². The fourth-order valence-electron chi connectivity index (χ4n) is 2.60. The SMILES string of the molecule is CC(CNC1CCC(O)CC1)N(C)C1CC1. The zero-order chi connectivity index (χ0) is 11.5. The summed E-state index contributed by atoms with van der Waals surface area (Å²) >= 11 is 0. The highest BCUT2D eigenvalue weighted by molar-refractivity contribution is 4.86. The van der Waals surface area contributed by atoms with Crippen LogP contribution in [0.15, 0.2) is 0 Å². The van der Waals surface area contributed by atoms with Gasteiger partial charge in [-0.2, -0.15) is 0 Å². The molecule has 0 aromatic rings. The number of nitrogens with one attached hydrogen (secondary N) is 1. The Balaban J connectivity index is 1.62. The maximum absolute atomic E-state index is 9.44. The van der Waals surface area contributed by atoms with Gasteiger partial charge in [-0.1, -0.05) is 0 Å². The maximum atomic E-state index is 9.44. The summed E-state index contributed by atoms with van der Waals surface area (Å²) in [5.41, 5.74) is 0. The van der Waals surface area contributed by atoms with Gasteiger partial charge in [0.05, 0.1) is 6.10 Å². The first-order valence-corrected chi connectivity index (χ1v) is 6.80. The Kier molecular flexibility index (Phi) is 4.22. The molecule has 1 atom stereocenters. The monoisotopic (exact) mass is 226 g/mol. The third kappa shape index (κ3) is 3.44. The van der Waals surface area contributed by atoms with Crippen molar-refractivity contribution in [3.63, 3.8) is 0 Å². The summed E-state index contributed by atoms with van der Waals surface area (Å²) in [4.78, 5) is 2.50. The van der Waals surface area contributed by atoms with Gasteiger partial charge in [0.25, 0.3) is 0 Å². The van der Waals surface area contributed by atoms with Crippen LogP contribution in [0.5, 0.6) is 0 Å². The molecule has 2 fully saturated rings. The normalized spacial score (nSPS) is 33.0. The van der Waals surface area contributed by atoms with Gasteiger partial charge in [-0.25, -0.2) is 0 Å². The van der Waals surface area contributed by atoms with Crippen LogP contribution in [0.3, 0.4) is 0 Å². The molecule has 2 rings (SSSR count). The lowest BCUT2D eigenvalue weighted by Gasteiger charge is -2.30. The molecule has 2 saturated carbocycles. The fourth-order valence-corrected chi connectivity index (χ4v) is 2.60. The van der Waals surface area contributed by atoms with Crippen LogP contribution in [0.2, 0.25) is 0 Å². The molecule has 2 aliphatic rings. The second-order valence-electron chi connectivity index (χ2n) is 5.66. The molecule has 0 aromatic carbocycles. The van der Waals surface area contributed by atoms with Crippen molar-refractivity contribution in [1.29, 1.82) is 0 Å². The molecule has 0 bridgehead atoms. The van der Waals surface area contributed by atoms with E-state index in [9.17, 15) is 5.11 Å². The minimum Gasteiger partial charge on any atom is -0.393 e. The van der Waals surface area contributed by atoms with Gasteiger partial charge < -0.3 is 10.4 Å². The second kappa shape index (κ2) is 5.48. The average Bonchev–Trinajstić information content (AvgIpc) is 3.11.